The number of hydrogen-bond donors (Lipinski definition) is 1. The normalized spacial score (nSPS) is 14.7. The topological polar surface area (TPSA) is 77.1 Å². The zero-order valence-corrected chi connectivity index (χ0v) is 19.0. The molecule has 1 unspecified atom stereocenters. The third-order valence-electron chi connectivity index (χ3n) is 5.22. The highest BCUT2D eigenvalue weighted by atomic mass is 16.5. The molecule has 3 rings (SSSR count). The van der Waals surface area contributed by atoms with E-state index in [1.54, 1.807) is 31.2 Å². The summed E-state index contributed by atoms with van der Waals surface area (Å²) in [4.78, 5) is 27.1. The van der Waals surface area contributed by atoms with E-state index in [1.807, 2.05) is 24.3 Å². The van der Waals surface area contributed by atoms with Gasteiger partial charge in [0.25, 0.3) is 5.91 Å². The number of anilines is 2. The van der Waals surface area contributed by atoms with Crippen LogP contribution in [-0.4, -0.2) is 50.9 Å². The second-order valence-corrected chi connectivity index (χ2v) is 8.24. The van der Waals surface area contributed by atoms with E-state index in [0.29, 0.717) is 29.5 Å². The molecule has 7 nitrogen and oxygen atoms in total. The van der Waals surface area contributed by atoms with Crippen molar-refractivity contribution >= 4 is 23.3 Å². The molecule has 1 fully saturated rings. The van der Waals surface area contributed by atoms with Gasteiger partial charge in [-0.05, 0) is 67.8 Å². The molecule has 1 amide bonds. The molecule has 0 radical (unpaired) electrons. The zero-order chi connectivity index (χ0) is 22.9. The highest BCUT2D eigenvalue weighted by molar-refractivity contribution is 5.97. The molecule has 1 saturated heterocycles. The Morgan fingerprint density at radius 3 is 2.28 bits per heavy atom. The summed E-state index contributed by atoms with van der Waals surface area (Å²) in [5, 5.41) is 2.79. The van der Waals surface area contributed by atoms with E-state index in [-0.39, 0.29) is 5.91 Å². The van der Waals surface area contributed by atoms with E-state index in [0.717, 1.165) is 38.4 Å². The highest BCUT2D eigenvalue weighted by Gasteiger charge is 2.19. The van der Waals surface area contributed by atoms with Crippen molar-refractivity contribution in [3.05, 3.63) is 54.1 Å². The Morgan fingerprint density at radius 1 is 1.00 bits per heavy atom. The van der Waals surface area contributed by atoms with Crippen LogP contribution in [0.15, 0.2) is 48.5 Å². The molecular formula is C25H32N2O5. The summed E-state index contributed by atoms with van der Waals surface area (Å²) in [5.41, 5.74) is 2.11. The van der Waals surface area contributed by atoms with Gasteiger partial charge in [0.15, 0.2) is 6.10 Å². The van der Waals surface area contributed by atoms with E-state index in [1.165, 1.54) is 0 Å². The fourth-order valence-electron chi connectivity index (χ4n) is 3.20. The maximum absolute atomic E-state index is 12.5. The Hall–Kier alpha value is -3.06. The first-order valence-corrected chi connectivity index (χ1v) is 11.1. The summed E-state index contributed by atoms with van der Waals surface area (Å²) in [6.45, 7) is 9.60. The van der Waals surface area contributed by atoms with Gasteiger partial charge in [-0.2, -0.15) is 0 Å². The minimum atomic E-state index is -0.927. The summed E-state index contributed by atoms with van der Waals surface area (Å²) in [6.07, 6.45) is 0.0372. The minimum absolute atomic E-state index is 0.371. The molecule has 1 N–H and O–H groups in total. The van der Waals surface area contributed by atoms with Gasteiger partial charge >= 0.3 is 5.97 Å². The van der Waals surface area contributed by atoms with E-state index >= 15 is 0 Å². The smallest absolute Gasteiger partial charge is 0.338 e. The maximum Gasteiger partial charge on any atom is 0.338 e. The van der Waals surface area contributed by atoms with Crippen LogP contribution in [0, 0.1) is 5.92 Å². The average molecular weight is 441 g/mol. The molecule has 2 aromatic carbocycles. The zero-order valence-electron chi connectivity index (χ0n) is 19.0. The van der Waals surface area contributed by atoms with Crippen molar-refractivity contribution in [3.63, 3.8) is 0 Å². The van der Waals surface area contributed by atoms with Crippen LogP contribution in [0.3, 0.4) is 0 Å². The predicted molar refractivity (Wildman–Crippen MR) is 124 cm³/mol. The first-order chi connectivity index (χ1) is 15.4. The summed E-state index contributed by atoms with van der Waals surface area (Å²) in [7, 11) is 0. The summed E-state index contributed by atoms with van der Waals surface area (Å²) in [6, 6.07) is 14.4. The lowest BCUT2D eigenvalue weighted by molar-refractivity contribution is -0.123. The van der Waals surface area contributed by atoms with Crippen molar-refractivity contribution < 1.29 is 23.8 Å². The molecule has 0 saturated carbocycles. The lowest BCUT2D eigenvalue weighted by Crippen LogP contribution is -2.36. The third kappa shape index (κ3) is 6.99. The van der Waals surface area contributed by atoms with Crippen molar-refractivity contribution in [2.75, 3.05) is 43.1 Å². The number of nitrogens with one attached hydrogen (secondary N) is 1. The Morgan fingerprint density at radius 2 is 1.66 bits per heavy atom. The van der Waals surface area contributed by atoms with Crippen molar-refractivity contribution in [2.24, 2.45) is 5.92 Å². The van der Waals surface area contributed by atoms with Crippen molar-refractivity contribution in [3.8, 4) is 5.75 Å². The van der Waals surface area contributed by atoms with Gasteiger partial charge in [-0.25, -0.2) is 4.79 Å². The number of carbonyl (C=O) groups is 2. The highest BCUT2D eigenvalue weighted by Crippen LogP contribution is 2.20. The lowest BCUT2D eigenvalue weighted by Gasteiger charge is -2.28. The van der Waals surface area contributed by atoms with Gasteiger partial charge in [-0.15, -0.1) is 0 Å². The minimum Gasteiger partial charge on any atom is -0.494 e. The van der Waals surface area contributed by atoms with Crippen LogP contribution in [0.2, 0.25) is 0 Å². The molecule has 1 atom stereocenters. The van der Waals surface area contributed by atoms with Gasteiger partial charge in [0.1, 0.15) is 5.75 Å². The third-order valence-corrected chi connectivity index (χ3v) is 5.22. The monoisotopic (exact) mass is 440 g/mol. The molecule has 0 bridgehead atoms. The van der Waals surface area contributed by atoms with Gasteiger partial charge in [0.2, 0.25) is 0 Å². The number of esters is 1. The number of morpholine rings is 1. The lowest BCUT2D eigenvalue weighted by atomic mass is 10.1. The fraction of sp³-hybridized carbons (Fsp3) is 0.440. The Kier molecular flexibility index (Phi) is 8.50. The molecule has 32 heavy (non-hydrogen) atoms. The van der Waals surface area contributed by atoms with Gasteiger partial charge in [-0.3, -0.25) is 4.79 Å². The maximum atomic E-state index is 12.5. The number of nitrogens with zero attached hydrogens (tertiary/aromatic N) is 1. The molecule has 0 aromatic heterocycles. The van der Waals surface area contributed by atoms with Crippen LogP contribution in [0.5, 0.6) is 5.75 Å². The van der Waals surface area contributed by atoms with Crippen LogP contribution in [0.4, 0.5) is 11.4 Å². The van der Waals surface area contributed by atoms with E-state index in [9.17, 15) is 9.59 Å². The number of amides is 1. The molecular weight excluding hydrogens is 408 g/mol. The fourth-order valence-corrected chi connectivity index (χ4v) is 3.20. The predicted octanol–water partition coefficient (Wildman–Crippen LogP) is 4.13. The van der Waals surface area contributed by atoms with Crippen LogP contribution < -0.4 is 15.0 Å². The second-order valence-electron chi connectivity index (χ2n) is 8.24. The van der Waals surface area contributed by atoms with Gasteiger partial charge in [0, 0.05) is 24.5 Å². The van der Waals surface area contributed by atoms with E-state index in [2.05, 4.69) is 24.1 Å². The van der Waals surface area contributed by atoms with Gasteiger partial charge in [0.05, 0.1) is 25.4 Å². The summed E-state index contributed by atoms with van der Waals surface area (Å²) < 4.78 is 16.4. The SMILES string of the molecule is CC(C)CCOc1ccc(C(=O)OC(C)C(=O)Nc2ccc(N3CCOCC3)cc2)cc1. The summed E-state index contributed by atoms with van der Waals surface area (Å²) in [5.74, 6) is 0.336. The number of benzene rings is 2. The molecule has 0 spiro atoms. The number of carbonyl (C=O) groups excluding carboxylic acids is 2. The quantitative estimate of drug-likeness (QED) is 0.591. The van der Waals surface area contributed by atoms with Crippen molar-refractivity contribution in [1.29, 1.82) is 0 Å². The average Bonchev–Trinajstić information content (AvgIpc) is 2.80. The Bertz CT molecular complexity index is 874. The van der Waals surface area contributed by atoms with Gasteiger partial charge < -0.3 is 24.4 Å². The molecule has 1 heterocycles. The first-order valence-electron chi connectivity index (χ1n) is 11.1. The second kappa shape index (κ2) is 11.5. The van der Waals surface area contributed by atoms with Gasteiger partial charge in [-0.1, -0.05) is 13.8 Å². The molecule has 1 aliphatic heterocycles. The standard InChI is InChI=1S/C25H32N2O5/c1-18(2)12-15-31-23-10-4-20(5-11-23)25(29)32-19(3)24(28)26-21-6-8-22(9-7-21)27-13-16-30-17-14-27/h4-11,18-19H,12-17H2,1-3H3,(H,26,28). The van der Waals surface area contributed by atoms with E-state index in [4.69, 9.17) is 14.2 Å². The number of rotatable bonds is 9. The first kappa shape index (κ1) is 23.6. The van der Waals surface area contributed by atoms with Crippen LogP contribution in [0.25, 0.3) is 0 Å². The molecule has 2 aromatic rings. The number of ether oxygens (including phenoxy) is 3. The van der Waals surface area contributed by atoms with Crippen LogP contribution in [0.1, 0.15) is 37.6 Å². The molecule has 7 heteroatoms. The van der Waals surface area contributed by atoms with Crippen LogP contribution >= 0.6 is 0 Å². The molecule has 1 aliphatic rings. The Labute approximate surface area is 189 Å². The van der Waals surface area contributed by atoms with E-state index < -0.39 is 12.1 Å². The van der Waals surface area contributed by atoms with Crippen molar-refractivity contribution in [1.82, 2.24) is 0 Å². The molecule has 172 valence electrons. The summed E-state index contributed by atoms with van der Waals surface area (Å²) >= 11 is 0. The Balaban J connectivity index is 1.47. The molecule has 0 aliphatic carbocycles. The van der Waals surface area contributed by atoms with Crippen molar-refractivity contribution in [2.45, 2.75) is 33.3 Å². The number of hydrogen-bond acceptors (Lipinski definition) is 6. The van der Waals surface area contributed by atoms with Crippen LogP contribution in [-0.2, 0) is 14.3 Å². The largest absolute Gasteiger partial charge is 0.494 e.